The van der Waals surface area contributed by atoms with Gasteiger partial charge in [0.25, 0.3) is 0 Å². The molecule has 0 atom stereocenters. The van der Waals surface area contributed by atoms with Gasteiger partial charge in [-0.15, -0.1) is 11.3 Å². The molecule has 0 saturated carbocycles. The average molecular weight is 485 g/mol. The largest absolute Gasteiger partial charge is 0.352 e. The van der Waals surface area contributed by atoms with Gasteiger partial charge in [-0.2, -0.15) is 9.49 Å². The first-order valence-electron chi connectivity index (χ1n) is 10.9. The summed E-state index contributed by atoms with van der Waals surface area (Å²) in [5.74, 6) is 1.35. The number of H-pyrrole nitrogens is 2. The maximum atomic E-state index is 13.6. The van der Waals surface area contributed by atoms with Gasteiger partial charge in [-0.05, 0) is 18.2 Å². The molecule has 6 aromatic rings. The van der Waals surface area contributed by atoms with Crippen LogP contribution in [0.4, 0.5) is 10.2 Å². The van der Waals surface area contributed by atoms with Crippen molar-refractivity contribution < 1.29 is 4.39 Å². The second kappa shape index (κ2) is 7.61. The summed E-state index contributed by atoms with van der Waals surface area (Å²) in [4.78, 5) is 28.9. The van der Waals surface area contributed by atoms with Crippen molar-refractivity contribution in [2.75, 3.05) is 18.0 Å². The van der Waals surface area contributed by atoms with Gasteiger partial charge in [0.15, 0.2) is 11.0 Å². The van der Waals surface area contributed by atoms with E-state index in [4.69, 9.17) is 15.7 Å². The Labute approximate surface area is 201 Å². The van der Waals surface area contributed by atoms with Crippen molar-refractivity contribution in [1.82, 2.24) is 40.1 Å². The van der Waals surface area contributed by atoms with Crippen LogP contribution in [0.3, 0.4) is 0 Å². The summed E-state index contributed by atoms with van der Waals surface area (Å²) in [5.41, 5.74) is 10.8. The Kier molecular flexibility index (Phi) is 4.38. The average Bonchev–Trinajstić information content (AvgIpc) is 3.59. The third-order valence-corrected chi connectivity index (χ3v) is 6.93. The van der Waals surface area contributed by atoms with Crippen molar-refractivity contribution in [2.24, 2.45) is 5.73 Å². The first kappa shape index (κ1) is 20.1. The molecule has 6 aromatic heterocycles. The fourth-order valence-electron chi connectivity index (χ4n) is 4.25. The molecule has 10 nitrogen and oxygen atoms in total. The number of aromatic nitrogens is 8. The Balaban J connectivity index is 1.31. The minimum absolute atomic E-state index is 0.168. The SMILES string of the molecule is NC1CN(c2cncc(-c3cc4c(-c5nc6c(-c7ccc(F)s7)cncc6[nH]5)n[nH]c4cn3)n2)C1. The predicted molar refractivity (Wildman–Crippen MR) is 131 cm³/mol. The predicted octanol–water partition coefficient (Wildman–Crippen LogP) is 3.37. The normalized spacial score (nSPS) is 14.2. The van der Waals surface area contributed by atoms with E-state index in [2.05, 4.69) is 35.0 Å². The molecular weight excluding hydrogens is 467 g/mol. The molecule has 1 saturated heterocycles. The molecule has 1 fully saturated rings. The summed E-state index contributed by atoms with van der Waals surface area (Å²) in [7, 11) is 0. The van der Waals surface area contributed by atoms with Crippen molar-refractivity contribution in [3.8, 4) is 33.3 Å². The number of nitrogens with two attached hydrogens (primary N) is 1. The molecule has 172 valence electrons. The minimum Gasteiger partial charge on any atom is -0.352 e. The van der Waals surface area contributed by atoms with Gasteiger partial charge in [-0.1, -0.05) is 0 Å². The fraction of sp³-hybridized carbons (Fsp3) is 0.130. The molecule has 0 spiro atoms. The summed E-state index contributed by atoms with van der Waals surface area (Å²) in [5, 5.41) is 8.08. The van der Waals surface area contributed by atoms with Crippen LogP contribution in [0.2, 0.25) is 0 Å². The number of rotatable bonds is 4. The number of imidazole rings is 1. The van der Waals surface area contributed by atoms with Gasteiger partial charge in [0, 0.05) is 41.2 Å². The summed E-state index contributed by atoms with van der Waals surface area (Å²) in [6.45, 7) is 1.52. The highest BCUT2D eigenvalue weighted by Crippen LogP contribution is 2.34. The topological polar surface area (TPSA) is 138 Å². The first-order chi connectivity index (χ1) is 17.1. The van der Waals surface area contributed by atoms with Crippen LogP contribution in [-0.4, -0.2) is 59.2 Å². The number of fused-ring (bicyclic) bond motifs is 2. The minimum atomic E-state index is -0.254. The molecule has 7 rings (SSSR count). The van der Waals surface area contributed by atoms with E-state index in [9.17, 15) is 4.39 Å². The first-order valence-corrected chi connectivity index (χ1v) is 11.7. The zero-order valence-corrected chi connectivity index (χ0v) is 18.9. The van der Waals surface area contributed by atoms with Crippen molar-refractivity contribution in [3.63, 3.8) is 0 Å². The summed E-state index contributed by atoms with van der Waals surface area (Å²) in [6, 6.07) is 5.26. The van der Waals surface area contributed by atoms with Crippen LogP contribution in [0.25, 0.3) is 55.3 Å². The van der Waals surface area contributed by atoms with Crippen LogP contribution < -0.4 is 10.6 Å². The van der Waals surface area contributed by atoms with Crippen molar-refractivity contribution in [3.05, 3.63) is 54.3 Å². The van der Waals surface area contributed by atoms with Gasteiger partial charge in [0.05, 0.1) is 41.5 Å². The van der Waals surface area contributed by atoms with Crippen molar-refractivity contribution in [2.45, 2.75) is 6.04 Å². The maximum Gasteiger partial charge on any atom is 0.176 e. The quantitative estimate of drug-likeness (QED) is 0.346. The summed E-state index contributed by atoms with van der Waals surface area (Å²) in [6.07, 6.45) is 8.54. The molecule has 1 aliphatic heterocycles. The Morgan fingerprint density at radius 1 is 1.00 bits per heavy atom. The number of aromatic amines is 2. The van der Waals surface area contributed by atoms with E-state index < -0.39 is 0 Å². The van der Waals surface area contributed by atoms with E-state index in [0.717, 1.165) is 57.1 Å². The number of hydrogen-bond donors (Lipinski definition) is 3. The number of anilines is 1. The monoisotopic (exact) mass is 484 g/mol. The van der Waals surface area contributed by atoms with Crippen molar-refractivity contribution >= 4 is 39.1 Å². The molecule has 35 heavy (non-hydrogen) atoms. The number of nitrogens with one attached hydrogen (secondary N) is 2. The lowest BCUT2D eigenvalue weighted by Crippen LogP contribution is -2.56. The molecule has 0 unspecified atom stereocenters. The zero-order valence-electron chi connectivity index (χ0n) is 18.1. The van der Waals surface area contributed by atoms with E-state index >= 15 is 0 Å². The van der Waals surface area contributed by atoms with Gasteiger partial charge in [-0.25, -0.2) is 9.97 Å². The molecular formula is C23H17FN10S. The highest BCUT2D eigenvalue weighted by atomic mass is 32.1. The molecule has 0 aromatic carbocycles. The molecule has 0 aliphatic carbocycles. The Morgan fingerprint density at radius 3 is 2.71 bits per heavy atom. The third kappa shape index (κ3) is 3.33. The number of pyridine rings is 2. The van der Waals surface area contributed by atoms with Crippen molar-refractivity contribution in [1.29, 1.82) is 0 Å². The number of halogens is 1. The van der Waals surface area contributed by atoms with Gasteiger partial charge in [0.1, 0.15) is 22.7 Å². The Morgan fingerprint density at radius 2 is 1.89 bits per heavy atom. The third-order valence-electron chi connectivity index (χ3n) is 6.02. The second-order valence-corrected chi connectivity index (χ2v) is 9.42. The van der Waals surface area contributed by atoms with Crippen LogP contribution in [0.1, 0.15) is 0 Å². The standard InChI is InChI=1S/C23H17FN10S/c24-19-2-1-18(35-19)13-4-26-6-17-21(13)31-23(30-17)22-12-3-14(28-7-15(12)32-33-22)16-5-27-8-20(29-16)34-9-11(25)10-34/h1-8,11H,9-10,25H2,(H,30,31)(H,32,33). The Hall–Kier alpha value is -4.29. The van der Waals surface area contributed by atoms with Gasteiger partial charge < -0.3 is 15.6 Å². The van der Waals surface area contributed by atoms with E-state index in [1.807, 2.05) is 6.07 Å². The highest BCUT2D eigenvalue weighted by molar-refractivity contribution is 7.14. The lowest BCUT2D eigenvalue weighted by atomic mass is 10.1. The van der Waals surface area contributed by atoms with Gasteiger partial charge in [-0.3, -0.25) is 20.1 Å². The molecule has 0 amide bonds. The maximum absolute atomic E-state index is 13.6. The summed E-state index contributed by atoms with van der Waals surface area (Å²) < 4.78 is 13.6. The van der Waals surface area contributed by atoms with Crippen LogP contribution in [-0.2, 0) is 0 Å². The lowest BCUT2D eigenvalue weighted by Gasteiger charge is -2.37. The smallest absolute Gasteiger partial charge is 0.176 e. The van der Waals surface area contributed by atoms with Gasteiger partial charge in [0.2, 0.25) is 0 Å². The van der Waals surface area contributed by atoms with Crippen LogP contribution in [0.15, 0.2) is 49.2 Å². The van der Waals surface area contributed by atoms with E-state index in [1.165, 1.54) is 6.07 Å². The lowest BCUT2D eigenvalue weighted by molar-refractivity contribution is 0.514. The van der Waals surface area contributed by atoms with E-state index in [0.29, 0.717) is 28.4 Å². The molecule has 0 radical (unpaired) electrons. The molecule has 7 heterocycles. The van der Waals surface area contributed by atoms with E-state index in [1.54, 1.807) is 37.1 Å². The highest BCUT2D eigenvalue weighted by Gasteiger charge is 2.25. The summed E-state index contributed by atoms with van der Waals surface area (Å²) >= 11 is 1.06. The second-order valence-electron chi connectivity index (χ2n) is 8.39. The number of hydrogen-bond acceptors (Lipinski definition) is 9. The van der Waals surface area contributed by atoms with E-state index in [-0.39, 0.29) is 11.2 Å². The van der Waals surface area contributed by atoms with Crippen LogP contribution >= 0.6 is 11.3 Å². The number of nitrogens with zero attached hydrogens (tertiary/aromatic N) is 7. The van der Waals surface area contributed by atoms with Crippen LogP contribution in [0, 0.1) is 5.13 Å². The Bertz CT molecular complexity index is 1710. The fourth-order valence-corrected chi connectivity index (χ4v) is 4.99. The zero-order chi connectivity index (χ0) is 23.5. The van der Waals surface area contributed by atoms with Gasteiger partial charge >= 0.3 is 0 Å². The van der Waals surface area contributed by atoms with Crippen LogP contribution in [0.5, 0.6) is 0 Å². The molecule has 12 heteroatoms. The molecule has 0 bridgehead atoms. The molecule has 1 aliphatic rings. The molecule has 4 N–H and O–H groups in total. The number of thiophene rings is 1.